The SMILES string of the molecule is COc1ccc(Cn2cc(NC(c3ccc(Cl)cc3)c3c(C(=O)O)nn(-c4cnc(N(C)C(=O)OC(C)(C)C)nc4OC)c3C(C)C)cc(Cl)c2=O)cc1. The summed E-state index contributed by atoms with van der Waals surface area (Å²) in [6.45, 7) is 9.22. The van der Waals surface area contributed by atoms with Gasteiger partial charge in [-0.05, 0) is 68.1 Å². The second-order valence-corrected chi connectivity index (χ2v) is 14.5. The predicted octanol–water partition coefficient (Wildman–Crippen LogP) is 7.59. The van der Waals surface area contributed by atoms with Crippen molar-refractivity contribution in [2.45, 2.75) is 58.7 Å². The number of nitrogens with zero attached hydrogens (tertiary/aromatic N) is 6. The maximum atomic E-state index is 13.2. The molecule has 0 fully saturated rings. The molecule has 0 saturated carbocycles. The topological polar surface area (TPSA) is 163 Å². The molecule has 16 heteroatoms. The van der Waals surface area contributed by atoms with E-state index in [4.69, 9.17) is 37.4 Å². The zero-order valence-corrected chi connectivity index (χ0v) is 32.6. The number of aromatic carboxylic acids is 1. The summed E-state index contributed by atoms with van der Waals surface area (Å²) >= 11 is 12.8. The van der Waals surface area contributed by atoms with Gasteiger partial charge in [-0.1, -0.05) is 61.3 Å². The van der Waals surface area contributed by atoms with Crippen molar-refractivity contribution in [2.24, 2.45) is 0 Å². The first-order valence-corrected chi connectivity index (χ1v) is 17.6. The van der Waals surface area contributed by atoms with E-state index in [0.29, 0.717) is 33.3 Å². The van der Waals surface area contributed by atoms with Crippen molar-refractivity contribution in [3.63, 3.8) is 0 Å². The summed E-state index contributed by atoms with van der Waals surface area (Å²) in [5.41, 5.74) is 1.52. The Morgan fingerprint density at radius 2 is 1.69 bits per heavy atom. The number of aromatic nitrogens is 5. The number of carbonyl (C=O) groups excluding carboxylic acids is 1. The standard InChI is InChI=1S/C38H41Cl2N7O7/c1-21(2)32-29(31(35(49)50)44-47(32)28-18-41-36(43-33(28)53-8)45(6)37(51)54-38(3,4)5)30(23-11-13-24(39)14-12-23)42-25-17-27(40)34(48)46(20-25)19-22-9-15-26(52-7)16-10-22/h9-18,20-21,30,42H,19H2,1-8H3,(H,49,50). The molecular weight excluding hydrogens is 737 g/mol. The Hall–Kier alpha value is -5.60. The van der Waals surface area contributed by atoms with Crippen molar-refractivity contribution in [1.82, 2.24) is 24.3 Å². The van der Waals surface area contributed by atoms with Gasteiger partial charge in [-0.2, -0.15) is 10.1 Å². The van der Waals surface area contributed by atoms with Crippen LogP contribution >= 0.6 is 23.2 Å². The molecule has 0 aliphatic heterocycles. The van der Waals surface area contributed by atoms with Gasteiger partial charge in [0.1, 0.15) is 22.1 Å². The third kappa shape index (κ3) is 8.77. The number of hydrogen-bond donors (Lipinski definition) is 2. The molecule has 2 N–H and O–H groups in total. The molecule has 1 amide bonds. The Morgan fingerprint density at radius 3 is 2.26 bits per heavy atom. The lowest BCUT2D eigenvalue weighted by molar-refractivity contribution is 0.0586. The van der Waals surface area contributed by atoms with Crippen LogP contribution in [0.3, 0.4) is 0 Å². The van der Waals surface area contributed by atoms with E-state index in [9.17, 15) is 19.5 Å². The smallest absolute Gasteiger partial charge is 0.416 e. The Kier molecular flexibility index (Phi) is 11.9. The monoisotopic (exact) mass is 777 g/mol. The first-order chi connectivity index (χ1) is 25.5. The van der Waals surface area contributed by atoms with Crippen molar-refractivity contribution in [1.29, 1.82) is 0 Å². The quantitative estimate of drug-likeness (QED) is 0.128. The third-order valence-corrected chi connectivity index (χ3v) is 8.70. The first kappa shape index (κ1) is 39.6. The molecule has 0 saturated heterocycles. The average Bonchev–Trinajstić information content (AvgIpc) is 3.53. The summed E-state index contributed by atoms with van der Waals surface area (Å²) in [7, 11) is 4.43. The number of nitrogens with one attached hydrogen (secondary N) is 1. The van der Waals surface area contributed by atoms with Crippen molar-refractivity contribution in [2.75, 3.05) is 31.5 Å². The average molecular weight is 779 g/mol. The Bertz CT molecular complexity index is 2210. The second kappa shape index (κ2) is 16.2. The molecule has 0 aliphatic rings. The van der Waals surface area contributed by atoms with Gasteiger partial charge in [0.05, 0.1) is 44.4 Å². The molecule has 1 unspecified atom stereocenters. The Labute approximate surface area is 322 Å². The normalized spacial score (nSPS) is 12.0. The maximum Gasteiger partial charge on any atom is 0.416 e. The molecule has 0 aliphatic carbocycles. The molecule has 0 radical (unpaired) electrons. The van der Waals surface area contributed by atoms with Gasteiger partial charge < -0.3 is 29.2 Å². The lowest BCUT2D eigenvalue weighted by Gasteiger charge is -2.25. The van der Waals surface area contributed by atoms with Crippen LogP contribution in [0, 0.1) is 0 Å². The highest BCUT2D eigenvalue weighted by molar-refractivity contribution is 6.30. The van der Waals surface area contributed by atoms with Crippen LogP contribution in [0.2, 0.25) is 10.0 Å². The molecule has 5 aromatic rings. The maximum absolute atomic E-state index is 13.2. The summed E-state index contributed by atoms with van der Waals surface area (Å²) in [6.07, 6.45) is 2.34. The Balaban J connectivity index is 1.66. The molecule has 1 atom stereocenters. The number of halogens is 2. The van der Waals surface area contributed by atoms with E-state index in [1.54, 1.807) is 70.5 Å². The number of rotatable bonds is 12. The summed E-state index contributed by atoms with van der Waals surface area (Å²) < 4.78 is 19.3. The zero-order valence-electron chi connectivity index (χ0n) is 31.0. The summed E-state index contributed by atoms with van der Waals surface area (Å²) in [5.74, 6) is -0.927. The number of carbonyl (C=O) groups is 2. The van der Waals surface area contributed by atoms with E-state index in [0.717, 1.165) is 10.5 Å². The molecular formula is C38H41Cl2N7O7. The van der Waals surface area contributed by atoms with Gasteiger partial charge in [-0.15, -0.1) is 0 Å². The van der Waals surface area contributed by atoms with Gasteiger partial charge in [0, 0.05) is 23.8 Å². The van der Waals surface area contributed by atoms with E-state index >= 15 is 0 Å². The fourth-order valence-electron chi connectivity index (χ4n) is 5.71. The van der Waals surface area contributed by atoms with Gasteiger partial charge in [0.15, 0.2) is 5.69 Å². The van der Waals surface area contributed by atoms with Gasteiger partial charge in [0.2, 0.25) is 11.8 Å². The van der Waals surface area contributed by atoms with E-state index < -0.39 is 29.3 Å². The summed E-state index contributed by atoms with van der Waals surface area (Å²) in [5, 5.41) is 19.1. The number of amides is 1. The van der Waals surface area contributed by atoms with Gasteiger partial charge in [-0.3, -0.25) is 4.79 Å². The van der Waals surface area contributed by atoms with Crippen LogP contribution in [0.25, 0.3) is 5.69 Å². The molecule has 0 spiro atoms. The molecule has 3 heterocycles. The van der Waals surface area contributed by atoms with Crippen molar-refractivity contribution < 1.29 is 28.9 Å². The van der Waals surface area contributed by atoms with Gasteiger partial charge in [0.25, 0.3) is 5.56 Å². The Morgan fingerprint density at radius 1 is 1.02 bits per heavy atom. The minimum Gasteiger partial charge on any atom is -0.497 e. The molecule has 14 nitrogen and oxygen atoms in total. The van der Waals surface area contributed by atoms with Crippen LogP contribution < -0.4 is 25.2 Å². The highest BCUT2D eigenvalue weighted by Gasteiger charge is 2.33. The fourth-order valence-corrected chi connectivity index (χ4v) is 6.06. The van der Waals surface area contributed by atoms with E-state index in [-0.39, 0.29) is 40.7 Å². The number of ether oxygens (including phenoxy) is 3. The van der Waals surface area contributed by atoms with Crippen LogP contribution in [-0.2, 0) is 11.3 Å². The van der Waals surface area contributed by atoms with E-state index in [1.807, 2.05) is 26.0 Å². The molecule has 54 heavy (non-hydrogen) atoms. The highest BCUT2D eigenvalue weighted by Crippen LogP contribution is 2.38. The lowest BCUT2D eigenvalue weighted by atomic mass is 9.92. The molecule has 2 aromatic carbocycles. The summed E-state index contributed by atoms with van der Waals surface area (Å²) in [4.78, 5) is 49.0. The predicted molar refractivity (Wildman–Crippen MR) is 206 cm³/mol. The van der Waals surface area contributed by atoms with Crippen molar-refractivity contribution in [3.05, 3.63) is 115 Å². The number of benzene rings is 2. The number of carboxylic acid groups (broad SMARTS) is 1. The van der Waals surface area contributed by atoms with Crippen LogP contribution in [0.1, 0.15) is 79.5 Å². The molecule has 3 aromatic heterocycles. The third-order valence-electron chi connectivity index (χ3n) is 8.18. The zero-order chi connectivity index (χ0) is 39.5. The minimum absolute atomic E-state index is 0.0101. The summed E-state index contributed by atoms with van der Waals surface area (Å²) in [6, 6.07) is 14.9. The van der Waals surface area contributed by atoms with E-state index in [2.05, 4.69) is 20.4 Å². The van der Waals surface area contributed by atoms with Crippen molar-refractivity contribution in [3.8, 4) is 17.3 Å². The second-order valence-electron chi connectivity index (χ2n) is 13.6. The lowest BCUT2D eigenvalue weighted by Crippen LogP contribution is -2.35. The van der Waals surface area contributed by atoms with Gasteiger partial charge in [-0.25, -0.2) is 24.2 Å². The van der Waals surface area contributed by atoms with Crippen LogP contribution in [0.15, 0.2) is 71.8 Å². The number of pyridine rings is 1. The van der Waals surface area contributed by atoms with Crippen LogP contribution in [0.5, 0.6) is 11.6 Å². The molecule has 5 rings (SSSR count). The van der Waals surface area contributed by atoms with E-state index in [1.165, 1.54) is 35.7 Å². The first-order valence-electron chi connectivity index (χ1n) is 16.8. The highest BCUT2D eigenvalue weighted by atomic mass is 35.5. The largest absolute Gasteiger partial charge is 0.497 e. The molecule has 0 bridgehead atoms. The van der Waals surface area contributed by atoms with Crippen LogP contribution in [-0.4, -0.2) is 68.4 Å². The number of hydrogen-bond acceptors (Lipinski definition) is 10. The number of carboxylic acids is 1. The fraction of sp³-hybridized carbons (Fsp3) is 0.316. The minimum atomic E-state index is -1.30. The van der Waals surface area contributed by atoms with Gasteiger partial charge >= 0.3 is 12.1 Å². The van der Waals surface area contributed by atoms with Crippen molar-refractivity contribution >= 4 is 46.9 Å². The number of methoxy groups -OCH3 is 2. The van der Waals surface area contributed by atoms with Crippen LogP contribution in [0.4, 0.5) is 16.4 Å². The molecule has 284 valence electrons. The number of anilines is 2.